The number of amides is 6. The molecule has 0 bridgehead atoms. The van der Waals surface area contributed by atoms with Crippen LogP contribution in [0.5, 0.6) is 0 Å². The summed E-state index contributed by atoms with van der Waals surface area (Å²) in [6.45, 7) is 8.88. The summed E-state index contributed by atoms with van der Waals surface area (Å²) in [7, 11) is 0. The highest BCUT2D eigenvalue weighted by atomic mass is 16.6. The van der Waals surface area contributed by atoms with Crippen molar-refractivity contribution in [2.24, 2.45) is 23.3 Å². The van der Waals surface area contributed by atoms with Crippen LogP contribution in [-0.2, 0) is 48.0 Å². The zero-order chi connectivity index (χ0) is 45.2. The number of nitrogens with zero attached hydrogens (tertiary/aromatic N) is 1. The average molecular weight is 858 g/mol. The Morgan fingerprint density at radius 3 is 1.89 bits per heavy atom. The molecule has 3 aromatic rings. The van der Waals surface area contributed by atoms with Crippen LogP contribution in [0.15, 0.2) is 73.2 Å². The van der Waals surface area contributed by atoms with Gasteiger partial charge in [0.05, 0.1) is 6.33 Å². The quantitative estimate of drug-likeness (QED) is 0.0736. The van der Waals surface area contributed by atoms with E-state index in [0.29, 0.717) is 18.5 Å². The lowest BCUT2D eigenvalue weighted by Gasteiger charge is -2.32. The van der Waals surface area contributed by atoms with E-state index in [1.807, 2.05) is 74.5 Å². The van der Waals surface area contributed by atoms with E-state index >= 15 is 0 Å². The van der Waals surface area contributed by atoms with Gasteiger partial charge in [-0.1, -0.05) is 113 Å². The van der Waals surface area contributed by atoms with Crippen molar-refractivity contribution in [3.63, 3.8) is 0 Å². The van der Waals surface area contributed by atoms with Gasteiger partial charge in [0, 0.05) is 49.7 Å². The molecule has 0 saturated heterocycles. The largest absolute Gasteiger partial charge is 0.444 e. The first-order valence-corrected chi connectivity index (χ1v) is 21.8. The second-order valence-electron chi connectivity index (χ2n) is 17.5. The lowest BCUT2D eigenvalue weighted by molar-refractivity contribution is -0.132. The lowest BCUT2D eigenvalue weighted by atomic mass is 9.82. The van der Waals surface area contributed by atoms with Crippen molar-refractivity contribution in [1.82, 2.24) is 36.6 Å². The van der Waals surface area contributed by atoms with Crippen LogP contribution in [0, 0.1) is 11.8 Å². The van der Waals surface area contributed by atoms with Crippen LogP contribution in [0.4, 0.5) is 4.79 Å². The Labute approximate surface area is 365 Å². The van der Waals surface area contributed by atoms with E-state index in [0.717, 1.165) is 43.2 Å². The minimum absolute atomic E-state index is 0.0379. The molecule has 3 unspecified atom stereocenters. The van der Waals surface area contributed by atoms with Crippen LogP contribution >= 0.6 is 0 Å². The van der Waals surface area contributed by atoms with Crippen molar-refractivity contribution >= 4 is 35.6 Å². The molecule has 1 aliphatic carbocycles. The van der Waals surface area contributed by atoms with Gasteiger partial charge < -0.3 is 47.8 Å². The molecule has 2 aromatic carbocycles. The molecular formula is C46H67N9O7. The maximum absolute atomic E-state index is 14.4. The predicted molar refractivity (Wildman–Crippen MR) is 236 cm³/mol. The second kappa shape index (κ2) is 24.0. The van der Waals surface area contributed by atoms with Crippen molar-refractivity contribution in [2.45, 2.75) is 147 Å². The van der Waals surface area contributed by atoms with E-state index in [9.17, 15) is 28.8 Å². The number of alkyl carbamates (subject to hydrolysis) is 1. The van der Waals surface area contributed by atoms with Crippen LogP contribution in [-0.4, -0.2) is 87.4 Å². The van der Waals surface area contributed by atoms with E-state index in [2.05, 4.69) is 36.6 Å². The summed E-state index contributed by atoms with van der Waals surface area (Å²) in [6, 6.07) is 12.6. The Morgan fingerprint density at radius 2 is 1.34 bits per heavy atom. The summed E-state index contributed by atoms with van der Waals surface area (Å²) < 4.78 is 5.47. The number of hydrogen-bond acceptors (Lipinski definition) is 9. The molecular weight excluding hydrogens is 791 g/mol. The number of H-pyrrole nitrogens is 1. The predicted octanol–water partition coefficient (Wildman–Crippen LogP) is 3.49. The summed E-state index contributed by atoms with van der Waals surface area (Å²) in [5.74, 6) is -2.95. The number of rotatable bonds is 22. The van der Waals surface area contributed by atoms with Crippen LogP contribution in [0.25, 0.3) is 0 Å². The minimum atomic E-state index is -1.14. The number of nitrogens with two attached hydrogens (primary N) is 2. The molecule has 4 rings (SSSR count). The van der Waals surface area contributed by atoms with E-state index in [4.69, 9.17) is 16.2 Å². The molecule has 1 aromatic heterocycles. The van der Waals surface area contributed by atoms with Gasteiger partial charge >= 0.3 is 6.09 Å². The molecule has 0 radical (unpaired) electrons. The van der Waals surface area contributed by atoms with Crippen LogP contribution < -0.4 is 38.1 Å². The number of carbonyl (C=O) groups excluding carboxylic acids is 6. The number of aromatic amines is 1. The van der Waals surface area contributed by atoms with Gasteiger partial charge in [-0.05, 0) is 50.2 Å². The zero-order valence-corrected chi connectivity index (χ0v) is 36.8. The van der Waals surface area contributed by atoms with Crippen molar-refractivity contribution in [3.05, 3.63) is 90.0 Å². The maximum atomic E-state index is 14.4. The summed E-state index contributed by atoms with van der Waals surface area (Å²) in [5, 5.41) is 14.2. The lowest BCUT2D eigenvalue weighted by Crippen LogP contribution is -2.59. The third-order valence-corrected chi connectivity index (χ3v) is 11.2. The third-order valence-electron chi connectivity index (χ3n) is 11.2. The summed E-state index contributed by atoms with van der Waals surface area (Å²) in [5.41, 5.74) is 13.9. The van der Waals surface area contributed by atoms with Crippen LogP contribution in [0.2, 0.25) is 0 Å². The second-order valence-corrected chi connectivity index (χ2v) is 17.5. The maximum Gasteiger partial charge on any atom is 0.408 e. The molecule has 1 aliphatic rings. The van der Waals surface area contributed by atoms with Crippen molar-refractivity contribution in [1.29, 1.82) is 0 Å². The fraction of sp³-hybridized carbons (Fsp3) is 0.543. The van der Waals surface area contributed by atoms with Gasteiger partial charge in [-0.25, -0.2) is 9.78 Å². The van der Waals surface area contributed by atoms with Crippen molar-refractivity contribution in [3.8, 4) is 0 Å². The SMILES string of the molecule is CC[C@H](C)[C@H](NC(=O)CC(N)C(CC1CCCCC1)NC(=O)[C@H](Cc1cnc[nH]1)NC(=O)[C@H](Cc1ccccc1)NC(=O)OC(C)(C)C)C(=O)NC(Cc1ccccc1)C(N)=O. The number of imidazole rings is 1. The van der Waals surface area contributed by atoms with Gasteiger partial charge in [0.25, 0.3) is 0 Å². The smallest absolute Gasteiger partial charge is 0.408 e. The summed E-state index contributed by atoms with van der Waals surface area (Å²) in [6.07, 6.45) is 8.49. The molecule has 7 atom stereocenters. The molecule has 1 heterocycles. The fourth-order valence-electron chi connectivity index (χ4n) is 7.64. The molecule has 338 valence electrons. The number of hydrogen-bond donors (Lipinski definition) is 8. The summed E-state index contributed by atoms with van der Waals surface area (Å²) in [4.78, 5) is 88.4. The van der Waals surface area contributed by atoms with E-state index in [1.165, 1.54) is 6.33 Å². The van der Waals surface area contributed by atoms with Gasteiger partial charge in [-0.3, -0.25) is 24.0 Å². The molecule has 6 amide bonds. The van der Waals surface area contributed by atoms with Gasteiger partial charge in [0.1, 0.15) is 29.8 Å². The van der Waals surface area contributed by atoms with E-state index in [1.54, 1.807) is 27.0 Å². The Hall–Kier alpha value is -5.77. The highest BCUT2D eigenvalue weighted by molar-refractivity contribution is 5.93. The Morgan fingerprint density at radius 1 is 0.774 bits per heavy atom. The standard InChI is InChI=1S/C46H67N9O7/c1-6-29(2)40(44(60)52-36(41(48)57)23-31-18-12-8-13-19-31)55-39(56)26-34(47)35(22-30-16-10-7-11-17-30)51-43(59)38(25-33-27-49-28-50-33)53-42(58)37(24-32-20-14-9-15-21-32)54-45(61)62-46(3,4)5/h8-9,12-15,18-21,27-30,34-38,40H,6-7,10-11,16-17,22-26,47H2,1-5H3,(H2,48,57)(H,49,50)(H,51,59)(H,52,60)(H,53,58)(H,54,61)(H,55,56)/t29-,34?,35?,36?,37-,38-,40-/m0/s1. The first-order valence-electron chi connectivity index (χ1n) is 21.8. The zero-order valence-electron chi connectivity index (χ0n) is 36.8. The first-order chi connectivity index (χ1) is 29.5. The number of ether oxygens (including phenoxy) is 1. The van der Waals surface area contributed by atoms with Crippen LogP contribution in [0.3, 0.4) is 0 Å². The Balaban J connectivity index is 1.53. The highest BCUT2D eigenvalue weighted by Crippen LogP contribution is 2.28. The number of carbonyl (C=O) groups is 6. The van der Waals surface area contributed by atoms with Gasteiger partial charge in [0.15, 0.2) is 0 Å². The van der Waals surface area contributed by atoms with Gasteiger partial charge in [-0.2, -0.15) is 0 Å². The highest BCUT2D eigenvalue weighted by Gasteiger charge is 2.34. The monoisotopic (exact) mass is 858 g/mol. The third kappa shape index (κ3) is 16.6. The molecule has 16 nitrogen and oxygen atoms in total. The van der Waals surface area contributed by atoms with E-state index < -0.39 is 77.5 Å². The molecule has 62 heavy (non-hydrogen) atoms. The molecule has 10 N–H and O–H groups in total. The van der Waals surface area contributed by atoms with Crippen molar-refractivity contribution in [2.75, 3.05) is 0 Å². The van der Waals surface area contributed by atoms with E-state index in [-0.39, 0.29) is 37.5 Å². The molecule has 1 fully saturated rings. The molecule has 1 saturated carbocycles. The number of aromatic nitrogens is 2. The Bertz CT molecular complexity index is 1880. The van der Waals surface area contributed by atoms with Crippen molar-refractivity contribution < 1.29 is 33.5 Å². The molecule has 16 heteroatoms. The molecule has 0 aliphatic heterocycles. The number of primary amides is 1. The van der Waals surface area contributed by atoms with Crippen LogP contribution in [0.1, 0.15) is 103 Å². The summed E-state index contributed by atoms with van der Waals surface area (Å²) >= 11 is 0. The Kier molecular flexibility index (Phi) is 18.9. The first kappa shape index (κ1) is 48.9. The minimum Gasteiger partial charge on any atom is -0.444 e. The van der Waals surface area contributed by atoms with Gasteiger partial charge in [-0.15, -0.1) is 0 Å². The topological polar surface area (TPSA) is 253 Å². The fourth-order valence-corrected chi connectivity index (χ4v) is 7.64. The average Bonchev–Trinajstić information content (AvgIpc) is 3.75. The number of benzene rings is 2. The normalized spacial score (nSPS) is 16.5. The van der Waals surface area contributed by atoms with Gasteiger partial charge in [0.2, 0.25) is 29.5 Å². The molecule has 0 spiro atoms. The number of nitrogens with one attached hydrogen (secondary N) is 6.